The van der Waals surface area contributed by atoms with Crippen molar-refractivity contribution in [3.05, 3.63) is 33.9 Å². The Balaban J connectivity index is 2.00. The molecule has 3 heterocycles. The lowest BCUT2D eigenvalue weighted by molar-refractivity contribution is 0.208. The van der Waals surface area contributed by atoms with E-state index in [1.165, 1.54) is 10.9 Å². The first kappa shape index (κ1) is 12.9. The highest BCUT2D eigenvalue weighted by Gasteiger charge is 2.51. The highest BCUT2D eigenvalue weighted by molar-refractivity contribution is 9.10. The second-order valence-corrected chi connectivity index (χ2v) is 8.76. The van der Waals surface area contributed by atoms with Gasteiger partial charge < -0.3 is 4.98 Å². The summed E-state index contributed by atoms with van der Waals surface area (Å²) >= 11 is 3.51. The van der Waals surface area contributed by atoms with Gasteiger partial charge in [-0.3, -0.25) is 0 Å². The van der Waals surface area contributed by atoms with Gasteiger partial charge in [0.25, 0.3) is 0 Å². The molecule has 6 heteroatoms. The number of sulfonamides is 1. The van der Waals surface area contributed by atoms with Crippen LogP contribution < -0.4 is 0 Å². The van der Waals surface area contributed by atoms with Crippen molar-refractivity contribution in [1.82, 2.24) is 9.29 Å². The van der Waals surface area contributed by atoms with Gasteiger partial charge >= 0.3 is 0 Å². The Morgan fingerprint density at radius 1 is 1.40 bits per heavy atom. The molecule has 1 fully saturated rings. The van der Waals surface area contributed by atoms with Gasteiger partial charge in [-0.05, 0) is 43.5 Å². The number of hydrogen-bond acceptors (Lipinski definition) is 2. The molecule has 106 valence electrons. The zero-order chi connectivity index (χ0) is 14.1. The van der Waals surface area contributed by atoms with Gasteiger partial charge in [0.2, 0.25) is 10.0 Å². The van der Waals surface area contributed by atoms with Crippen molar-refractivity contribution in [3.63, 3.8) is 0 Å². The number of benzene rings is 1. The molecule has 0 radical (unpaired) electrons. The van der Waals surface area contributed by atoms with E-state index >= 15 is 0 Å². The largest absolute Gasteiger partial charge is 0.357 e. The summed E-state index contributed by atoms with van der Waals surface area (Å²) in [6.07, 6.45) is 1.44. The van der Waals surface area contributed by atoms with Crippen molar-refractivity contribution in [2.45, 2.75) is 25.3 Å². The van der Waals surface area contributed by atoms with Crippen LogP contribution in [0.5, 0.6) is 0 Å². The van der Waals surface area contributed by atoms with E-state index in [1.54, 1.807) is 4.31 Å². The number of fused-ring (bicyclic) bond motifs is 5. The normalized spacial score (nSPS) is 28.5. The van der Waals surface area contributed by atoms with Crippen LogP contribution in [0, 0.1) is 0 Å². The third kappa shape index (κ3) is 1.53. The summed E-state index contributed by atoms with van der Waals surface area (Å²) in [4.78, 5) is 3.47. The number of aromatic amines is 1. The van der Waals surface area contributed by atoms with Crippen molar-refractivity contribution < 1.29 is 8.42 Å². The quantitative estimate of drug-likeness (QED) is 0.790. The Morgan fingerprint density at radius 3 is 3.00 bits per heavy atom. The van der Waals surface area contributed by atoms with E-state index in [0.717, 1.165) is 22.1 Å². The second kappa shape index (κ2) is 3.87. The number of hydrogen-bond donors (Lipinski definition) is 1. The van der Waals surface area contributed by atoms with Crippen LogP contribution in [0.25, 0.3) is 10.9 Å². The fraction of sp³-hybridized carbons (Fsp3) is 0.429. The van der Waals surface area contributed by atoms with Crippen LogP contribution in [0.3, 0.4) is 0 Å². The van der Waals surface area contributed by atoms with E-state index in [-0.39, 0.29) is 5.75 Å². The van der Waals surface area contributed by atoms with E-state index < -0.39 is 15.6 Å². The highest BCUT2D eigenvalue weighted by atomic mass is 79.9. The van der Waals surface area contributed by atoms with Gasteiger partial charge in [-0.2, -0.15) is 4.31 Å². The van der Waals surface area contributed by atoms with E-state index in [0.29, 0.717) is 13.0 Å². The summed E-state index contributed by atoms with van der Waals surface area (Å²) in [7, 11) is -3.09. The first-order chi connectivity index (χ1) is 9.42. The molecule has 2 aromatic rings. The minimum Gasteiger partial charge on any atom is -0.357 e. The Morgan fingerprint density at radius 2 is 2.20 bits per heavy atom. The molecule has 2 aliphatic rings. The van der Waals surface area contributed by atoms with Gasteiger partial charge in [0, 0.05) is 27.6 Å². The number of aromatic nitrogens is 1. The maximum Gasteiger partial charge on any atom is 0.215 e. The third-order valence-electron chi connectivity index (χ3n) is 4.70. The SMILES string of the molecule is C[C@]12CCS(=O)(=O)N1CCc1c2[nH]c2ccc(Br)cc12. The van der Waals surface area contributed by atoms with Gasteiger partial charge in [-0.15, -0.1) is 0 Å². The van der Waals surface area contributed by atoms with E-state index in [4.69, 9.17) is 0 Å². The zero-order valence-corrected chi connectivity index (χ0v) is 13.5. The first-order valence-corrected chi connectivity index (χ1v) is 9.13. The Labute approximate surface area is 126 Å². The topological polar surface area (TPSA) is 53.2 Å². The minimum absolute atomic E-state index is 0.252. The molecule has 0 unspecified atom stereocenters. The molecular weight excluding hydrogens is 340 g/mol. The molecule has 0 aliphatic carbocycles. The number of rotatable bonds is 0. The number of halogens is 1. The smallest absolute Gasteiger partial charge is 0.215 e. The molecule has 0 amide bonds. The van der Waals surface area contributed by atoms with Crippen LogP contribution in [0.4, 0.5) is 0 Å². The van der Waals surface area contributed by atoms with Crippen molar-refractivity contribution in [1.29, 1.82) is 0 Å². The fourth-order valence-electron chi connectivity index (χ4n) is 3.66. The molecule has 0 saturated carbocycles. The molecule has 2 aliphatic heterocycles. The third-order valence-corrected chi connectivity index (χ3v) is 7.18. The van der Waals surface area contributed by atoms with Crippen LogP contribution in [0.1, 0.15) is 24.6 Å². The average molecular weight is 355 g/mol. The average Bonchev–Trinajstić information content (AvgIpc) is 2.87. The van der Waals surface area contributed by atoms with Gasteiger partial charge in [0.15, 0.2) is 0 Å². The Hall–Kier alpha value is -0.850. The standard InChI is InChI=1S/C14H15BrN2O2S/c1-14-5-7-20(18,19)17(14)6-4-10-11-8-9(15)2-3-12(11)16-13(10)14/h2-3,8,16H,4-7H2,1H3/t14-/m1/s1. The number of nitrogens with one attached hydrogen (secondary N) is 1. The molecular formula is C14H15BrN2O2S. The van der Waals surface area contributed by atoms with Crippen LogP contribution in [-0.4, -0.2) is 30.0 Å². The summed E-state index contributed by atoms with van der Waals surface area (Å²) in [5.74, 6) is 0.252. The summed E-state index contributed by atoms with van der Waals surface area (Å²) in [6.45, 7) is 2.63. The van der Waals surface area contributed by atoms with Crippen molar-refractivity contribution in [2.75, 3.05) is 12.3 Å². The highest BCUT2D eigenvalue weighted by Crippen LogP contribution is 2.46. The molecule has 4 nitrogen and oxygen atoms in total. The molecule has 0 spiro atoms. The lowest BCUT2D eigenvalue weighted by atomic mass is 9.86. The minimum atomic E-state index is -3.09. The maximum absolute atomic E-state index is 12.2. The number of nitrogens with zero attached hydrogens (tertiary/aromatic N) is 1. The Bertz CT molecular complexity index is 827. The molecule has 1 atom stereocenters. The molecule has 1 aromatic carbocycles. The van der Waals surface area contributed by atoms with Crippen molar-refractivity contribution in [2.24, 2.45) is 0 Å². The van der Waals surface area contributed by atoms with Crippen LogP contribution >= 0.6 is 15.9 Å². The van der Waals surface area contributed by atoms with Gasteiger partial charge in [-0.25, -0.2) is 8.42 Å². The summed E-state index contributed by atoms with van der Waals surface area (Å²) in [5, 5.41) is 1.21. The molecule has 1 N–H and O–H groups in total. The van der Waals surface area contributed by atoms with Gasteiger partial charge in [0.1, 0.15) is 0 Å². The lowest BCUT2D eigenvalue weighted by Crippen LogP contribution is -2.45. The monoisotopic (exact) mass is 354 g/mol. The molecule has 20 heavy (non-hydrogen) atoms. The van der Waals surface area contributed by atoms with E-state index in [2.05, 4.69) is 33.0 Å². The van der Waals surface area contributed by atoms with Gasteiger partial charge in [-0.1, -0.05) is 15.9 Å². The summed E-state index contributed by atoms with van der Waals surface area (Å²) < 4.78 is 27.1. The van der Waals surface area contributed by atoms with Gasteiger partial charge in [0.05, 0.1) is 11.3 Å². The first-order valence-electron chi connectivity index (χ1n) is 6.73. The van der Waals surface area contributed by atoms with Crippen molar-refractivity contribution >= 4 is 36.9 Å². The van der Waals surface area contributed by atoms with E-state index in [9.17, 15) is 8.42 Å². The number of H-pyrrole nitrogens is 1. The van der Waals surface area contributed by atoms with Crippen LogP contribution in [0.2, 0.25) is 0 Å². The van der Waals surface area contributed by atoms with E-state index in [1.807, 2.05) is 13.0 Å². The maximum atomic E-state index is 12.2. The molecule has 1 aromatic heterocycles. The predicted molar refractivity (Wildman–Crippen MR) is 82.2 cm³/mol. The molecule has 0 bridgehead atoms. The Kier molecular flexibility index (Phi) is 2.49. The second-order valence-electron chi connectivity index (χ2n) is 5.83. The summed E-state index contributed by atoms with van der Waals surface area (Å²) in [6, 6.07) is 6.18. The van der Waals surface area contributed by atoms with Crippen LogP contribution in [-0.2, 0) is 22.0 Å². The molecule has 1 saturated heterocycles. The lowest BCUT2D eigenvalue weighted by Gasteiger charge is -2.37. The zero-order valence-electron chi connectivity index (χ0n) is 11.1. The predicted octanol–water partition coefficient (Wildman–Crippen LogP) is 2.74. The van der Waals surface area contributed by atoms with Crippen molar-refractivity contribution in [3.8, 4) is 0 Å². The molecule has 4 rings (SSSR count). The van der Waals surface area contributed by atoms with Crippen LogP contribution in [0.15, 0.2) is 22.7 Å². The summed E-state index contributed by atoms with van der Waals surface area (Å²) in [5.41, 5.74) is 3.04. The fourth-order valence-corrected chi connectivity index (χ4v) is 6.06.